The molecule has 0 aromatic heterocycles. The summed E-state index contributed by atoms with van der Waals surface area (Å²) in [5.74, 6) is 1.94. The summed E-state index contributed by atoms with van der Waals surface area (Å²) in [4.78, 5) is 4.58. The molecule has 1 fully saturated rings. The topological polar surface area (TPSA) is 59.6 Å². The molecule has 0 bridgehead atoms. The average Bonchev–Trinajstić information content (AvgIpc) is 2.53. The third-order valence-electron chi connectivity index (χ3n) is 4.20. The molecule has 4 nitrogen and oxygen atoms in total. The summed E-state index contributed by atoms with van der Waals surface area (Å²) < 4.78 is 5.63. The fraction of sp³-hybridized carbons (Fsp3) is 0.350. The predicted molar refractivity (Wildman–Crippen MR) is 99.7 cm³/mol. The van der Waals surface area contributed by atoms with Crippen LogP contribution in [0, 0.1) is 0 Å². The van der Waals surface area contributed by atoms with Gasteiger partial charge in [0, 0.05) is 5.69 Å². The Morgan fingerprint density at radius 1 is 1.08 bits per heavy atom. The number of benzene rings is 2. The molecule has 0 radical (unpaired) electrons. The molecule has 0 amide bonds. The standard InChI is InChI=1S/C20H25N3O/c1-14(2)24-19-10-8-17(9-11-19)22-20(21)23-18-12-16(13-18)15-6-4-3-5-7-15/h3-11,14,16,18H,12-13H2,1-2H3,(H3,21,22,23). The van der Waals surface area contributed by atoms with Gasteiger partial charge in [-0.25, -0.2) is 4.99 Å². The number of nitrogens with one attached hydrogen (secondary N) is 1. The van der Waals surface area contributed by atoms with Crippen molar-refractivity contribution in [2.75, 3.05) is 5.32 Å². The van der Waals surface area contributed by atoms with Crippen LogP contribution in [0.3, 0.4) is 0 Å². The monoisotopic (exact) mass is 323 g/mol. The number of guanidine groups is 1. The van der Waals surface area contributed by atoms with Gasteiger partial charge in [-0.1, -0.05) is 30.3 Å². The second-order valence-electron chi connectivity index (χ2n) is 6.56. The van der Waals surface area contributed by atoms with Gasteiger partial charge in [-0.05, 0) is 62.4 Å². The minimum absolute atomic E-state index is 0.173. The number of ether oxygens (including phenoxy) is 1. The van der Waals surface area contributed by atoms with Crippen molar-refractivity contribution in [3.63, 3.8) is 0 Å². The molecule has 1 aliphatic carbocycles. The Labute approximate surface area is 143 Å². The molecule has 1 saturated carbocycles. The molecule has 126 valence electrons. The van der Waals surface area contributed by atoms with E-state index in [1.165, 1.54) is 5.56 Å². The first-order chi connectivity index (χ1) is 11.6. The number of rotatable bonds is 5. The molecule has 0 spiro atoms. The van der Waals surface area contributed by atoms with Crippen LogP contribution in [0.25, 0.3) is 0 Å². The average molecular weight is 323 g/mol. The van der Waals surface area contributed by atoms with E-state index >= 15 is 0 Å². The number of nitrogens with two attached hydrogens (primary N) is 1. The Hall–Kier alpha value is -2.49. The van der Waals surface area contributed by atoms with Crippen LogP contribution in [0.4, 0.5) is 5.69 Å². The van der Waals surface area contributed by atoms with E-state index in [-0.39, 0.29) is 6.10 Å². The van der Waals surface area contributed by atoms with Crippen LogP contribution in [0.1, 0.15) is 38.2 Å². The van der Waals surface area contributed by atoms with Crippen molar-refractivity contribution in [3.8, 4) is 5.75 Å². The number of hydrogen-bond donors (Lipinski definition) is 2. The van der Waals surface area contributed by atoms with E-state index in [1.807, 2.05) is 38.1 Å². The van der Waals surface area contributed by atoms with Gasteiger partial charge in [0.1, 0.15) is 5.75 Å². The molecule has 2 aromatic rings. The Balaban J connectivity index is 1.50. The van der Waals surface area contributed by atoms with E-state index in [2.05, 4.69) is 40.6 Å². The first-order valence-corrected chi connectivity index (χ1v) is 8.52. The third kappa shape index (κ3) is 4.28. The van der Waals surface area contributed by atoms with Gasteiger partial charge < -0.3 is 15.8 Å². The summed E-state index contributed by atoms with van der Waals surface area (Å²) in [6.45, 7) is 4.02. The minimum Gasteiger partial charge on any atom is -0.491 e. The molecule has 0 atom stereocenters. The van der Waals surface area contributed by atoms with Crippen LogP contribution in [0.15, 0.2) is 59.6 Å². The van der Waals surface area contributed by atoms with Gasteiger partial charge in [0.25, 0.3) is 0 Å². The highest BCUT2D eigenvalue weighted by atomic mass is 16.5. The lowest BCUT2D eigenvalue weighted by Crippen LogP contribution is -2.31. The largest absolute Gasteiger partial charge is 0.491 e. The highest BCUT2D eigenvalue weighted by molar-refractivity contribution is 5.92. The number of nitrogens with zero attached hydrogens (tertiary/aromatic N) is 1. The van der Waals surface area contributed by atoms with Gasteiger partial charge in [0.2, 0.25) is 0 Å². The van der Waals surface area contributed by atoms with Crippen LogP contribution in [-0.4, -0.2) is 18.1 Å². The molecule has 1 aliphatic rings. The van der Waals surface area contributed by atoms with E-state index in [0.29, 0.717) is 17.9 Å². The predicted octanol–water partition coefficient (Wildman–Crippen LogP) is 4.15. The fourth-order valence-corrected chi connectivity index (χ4v) is 2.96. The maximum atomic E-state index is 6.03. The second kappa shape index (κ2) is 7.39. The Morgan fingerprint density at radius 3 is 2.38 bits per heavy atom. The summed E-state index contributed by atoms with van der Waals surface area (Å²) in [7, 11) is 0. The third-order valence-corrected chi connectivity index (χ3v) is 4.20. The maximum Gasteiger partial charge on any atom is 0.193 e. The minimum atomic E-state index is 0.173. The normalized spacial score (nSPS) is 20.5. The lowest BCUT2D eigenvalue weighted by atomic mass is 9.76. The smallest absolute Gasteiger partial charge is 0.193 e. The van der Waals surface area contributed by atoms with Crippen molar-refractivity contribution in [2.24, 2.45) is 10.7 Å². The zero-order valence-electron chi connectivity index (χ0n) is 14.3. The van der Waals surface area contributed by atoms with E-state index in [0.717, 1.165) is 24.3 Å². The first kappa shape index (κ1) is 16.4. The lowest BCUT2D eigenvalue weighted by molar-refractivity contribution is 0.242. The molecular formula is C20H25N3O. The van der Waals surface area contributed by atoms with Crippen molar-refractivity contribution < 1.29 is 4.74 Å². The van der Waals surface area contributed by atoms with Gasteiger partial charge in [-0.3, -0.25) is 0 Å². The zero-order valence-corrected chi connectivity index (χ0v) is 14.3. The summed E-state index contributed by atoms with van der Waals surface area (Å²) in [6, 6.07) is 18.7. The highest BCUT2D eigenvalue weighted by Gasteiger charge is 2.30. The molecule has 3 rings (SSSR count). The van der Waals surface area contributed by atoms with E-state index < -0.39 is 0 Å². The molecular weight excluding hydrogens is 298 g/mol. The summed E-state index contributed by atoms with van der Waals surface area (Å²) in [5, 5.41) is 3.15. The first-order valence-electron chi connectivity index (χ1n) is 8.52. The van der Waals surface area contributed by atoms with E-state index in [4.69, 9.17) is 10.5 Å². The van der Waals surface area contributed by atoms with E-state index in [9.17, 15) is 0 Å². The van der Waals surface area contributed by atoms with Gasteiger partial charge in [0.15, 0.2) is 5.96 Å². The fourth-order valence-electron chi connectivity index (χ4n) is 2.96. The molecule has 2 aromatic carbocycles. The summed E-state index contributed by atoms with van der Waals surface area (Å²) in [6.07, 6.45) is 2.30. The molecule has 0 heterocycles. The Kier molecular flexibility index (Phi) is 5.04. The molecule has 0 aliphatic heterocycles. The van der Waals surface area contributed by atoms with Crippen LogP contribution in [-0.2, 0) is 0 Å². The second-order valence-corrected chi connectivity index (χ2v) is 6.56. The highest BCUT2D eigenvalue weighted by Crippen LogP contribution is 2.38. The number of anilines is 1. The number of aliphatic imine (C=N–C) groups is 1. The quantitative estimate of drug-likeness (QED) is 0.642. The van der Waals surface area contributed by atoms with Crippen molar-refractivity contribution in [3.05, 3.63) is 60.2 Å². The van der Waals surface area contributed by atoms with Crippen molar-refractivity contribution >= 4 is 11.6 Å². The SMILES string of the molecule is CC(C)Oc1ccc(NC(N)=NC2CC(c3ccccc3)C2)cc1. The van der Waals surface area contributed by atoms with Crippen LogP contribution in [0.2, 0.25) is 0 Å². The van der Waals surface area contributed by atoms with Crippen LogP contribution >= 0.6 is 0 Å². The molecule has 3 N–H and O–H groups in total. The van der Waals surface area contributed by atoms with Crippen LogP contribution < -0.4 is 15.8 Å². The van der Waals surface area contributed by atoms with Gasteiger partial charge >= 0.3 is 0 Å². The van der Waals surface area contributed by atoms with Gasteiger partial charge in [0.05, 0.1) is 12.1 Å². The van der Waals surface area contributed by atoms with Crippen molar-refractivity contribution in [1.29, 1.82) is 0 Å². The summed E-state index contributed by atoms with van der Waals surface area (Å²) in [5.41, 5.74) is 8.35. The van der Waals surface area contributed by atoms with E-state index in [1.54, 1.807) is 0 Å². The van der Waals surface area contributed by atoms with Crippen LogP contribution in [0.5, 0.6) is 5.75 Å². The maximum absolute atomic E-state index is 6.03. The lowest BCUT2D eigenvalue weighted by Gasteiger charge is -2.33. The molecule has 4 heteroatoms. The van der Waals surface area contributed by atoms with Crippen molar-refractivity contribution in [1.82, 2.24) is 0 Å². The zero-order chi connectivity index (χ0) is 16.9. The number of hydrogen-bond acceptors (Lipinski definition) is 2. The molecule has 0 saturated heterocycles. The van der Waals surface area contributed by atoms with Crippen molar-refractivity contribution in [2.45, 2.75) is 44.8 Å². The molecule has 0 unspecified atom stereocenters. The van der Waals surface area contributed by atoms with Gasteiger partial charge in [-0.2, -0.15) is 0 Å². The molecule has 24 heavy (non-hydrogen) atoms. The van der Waals surface area contributed by atoms with Gasteiger partial charge in [-0.15, -0.1) is 0 Å². The Morgan fingerprint density at radius 2 is 1.75 bits per heavy atom. The Bertz CT molecular complexity index is 674. The summed E-state index contributed by atoms with van der Waals surface area (Å²) >= 11 is 0.